The Balaban J connectivity index is 2.34. The van der Waals surface area contributed by atoms with Gasteiger partial charge >= 0.3 is 0 Å². The van der Waals surface area contributed by atoms with Crippen LogP contribution in [0.3, 0.4) is 0 Å². The number of carbonyl (C=O) groups excluding carboxylic acids is 1. The van der Waals surface area contributed by atoms with E-state index in [2.05, 4.69) is 6.92 Å². The topological polar surface area (TPSA) is 46.3 Å². The Kier molecular flexibility index (Phi) is 4.75. The average Bonchev–Trinajstić information content (AvgIpc) is 2.18. The molecule has 0 bridgehead atoms. The Morgan fingerprint density at radius 3 is 2.93 bits per heavy atom. The lowest BCUT2D eigenvalue weighted by atomic mass is 9.95. The lowest BCUT2D eigenvalue weighted by Crippen LogP contribution is -2.48. The molecule has 1 amide bonds. The van der Waals surface area contributed by atoms with Crippen LogP contribution in [0, 0.1) is 5.92 Å². The number of rotatable bonds is 3. The van der Waals surface area contributed by atoms with Gasteiger partial charge < -0.3 is 10.6 Å². The summed E-state index contributed by atoms with van der Waals surface area (Å²) in [7, 11) is 0. The Bertz CT molecular complexity index is 199. The zero-order valence-corrected chi connectivity index (χ0v) is 9.85. The minimum absolute atomic E-state index is 0.277. The molecular weight excluding hydrogens is 196 g/mol. The monoisotopic (exact) mass is 216 g/mol. The highest BCUT2D eigenvalue weighted by atomic mass is 32.2. The zero-order valence-electron chi connectivity index (χ0n) is 9.03. The number of nitrogens with zero attached hydrogens (tertiary/aromatic N) is 1. The van der Waals surface area contributed by atoms with Crippen LogP contribution in [0.25, 0.3) is 0 Å². The van der Waals surface area contributed by atoms with E-state index >= 15 is 0 Å². The molecule has 82 valence electrons. The molecule has 1 aliphatic heterocycles. The van der Waals surface area contributed by atoms with Crippen molar-refractivity contribution in [1.82, 2.24) is 4.90 Å². The van der Waals surface area contributed by atoms with E-state index in [0.29, 0.717) is 12.3 Å². The van der Waals surface area contributed by atoms with Crippen LogP contribution in [0.4, 0.5) is 0 Å². The Labute approximate surface area is 90.4 Å². The van der Waals surface area contributed by atoms with E-state index in [1.54, 1.807) is 11.8 Å². The fourth-order valence-electron chi connectivity index (χ4n) is 1.74. The molecular formula is C10H20N2OS. The number of thioether (sulfide) groups is 1. The fraction of sp³-hybridized carbons (Fsp3) is 0.900. The molecule has 0 saturated carbocycles. The summed E-state index contributed by atoms with van der Waals surface area (Å²) in [4.78, 5) is 13.6. The molecule has 3 nitrogen and oxygen atoms in total. The summed E-state index contributed by atoms with van der Waals surface area (Å²) >= 11 is 1.72. The molecule has 0 spiro atoms. The maximum absolute atomic E-state index is 11.7. The van der Waals surface area contributed by atoms with Gasteiger partial charge in [0, 0.05) is 31.3 Å². The van der Waals surface area contributed by atoms with Gasteiger partial charge in [0.15, 0.2) is 0 Å². The predicted molar refractivity (Wildman–Crippen MR) is 61.3 cm³/mol. The molecule has 1 heterocycles. The first-order valence-electron chi connectivity index (χ1n) is 5.17. The normalized spacial score (nSPS) is 27.8. The molecule has 14 heavy (non-hydrogen) atoms. The number of amides is 1. The Hall–Kier alpha value is -0.220. The predicted octanol–water partition coefficient (Wildman–Crippen LogP) is 0.935. The van der Waals surface area contributed by atoms with Crippen molar-refractivity contribution < 1.29 is 4.79 Å². The minimum atomic E-state index is 0.277. The van der Waals surface area contributed by atoms with Crippen LogP contribution < -0.4 is 5.73 Å². The maximum atomic E-state index is 11.7. The van der Waals surface area contributed by atoms with Gasteiger partial charge in [-0.05, 0) is 18.6 Å². The second kappa shape index (κ2) is 5.61. The third-order valence-electron chi connectivity index (χ3n) is 2.84. The van der Waals surface area contributed by atoms with Crippen molar-refractivity contribution in [3.63, 3.8) is 0 Å². The fourth-order valence-corrected chi connectivity index (χ4v) is 2.12. The molecule has 2 atom stereocenters. The summed E-state index contributed by atoms with van der Waals surface area (Å²) < 4.78 is 0. The second-order valence-electron chi connectivity index (χ2n) is 4.01. The van der Waals surface area contributed by atoms with E-state index in [1.807, 2.05) is 11.2 Å². The van der Waals surface area contributed by atoms with Crippen molar-refractivity contribution in [2.45, 2.75) is 25.8 Å². The largest absolute Gasteiger partial charge is 0.342 e. The first-order valence-corrected chi connectivity index (χ1v) is 6.57. The van der Waals surface area contributed by atoms with Crippen molar-refractivity contribution in [3.8, 4) is 0 Å². The molecule has 1 saturated heterocycles. The summed E-state index contributed by atoms with van der Waals surface area (Å²) in [5.74, 6) is 1.66. The van der Waals surface area contributed by atoms with Crippen LogP contribution in [0.5, 0.6) is 0 Å². The number of hydrogen-bond acceptors (Lipinski definition) is 3. The van der Waals surface area contributed by atoms with E-state index in [4.69, 9.17) is 5.73 Å². The zero-order chi connectivity index (χ0) is 10.6. The molecule has 1 rings (SSSR count). The lowest BCUT2D eigenvalue weighted by Gasteiger charge is -2.35. The van der Waals surface area contributed by atoms with Crippen LogP contribution >= 0.6 is 11.8 Å². The highest BCUT2D eigenvalue weighted by Crippen LogP contribution is 2.15. The molecule has 4 heteroatoms. The summed E-state index contributed by atoms with van der Waals surface area (Å²) in [6, 6.07) is 0.277. The van der Waals surface area contributed by atoms with Crippen molar-refractivity contribution in [3.05, 3.63) is 0 Å². The van der Waals surface area contributed by atoms with Gasteiger partial charge in [-0.1, -0.05) is 6.92 Å². The standard InChI is InChI=1S/C10H20N2OS/c1-8-7-12(5-3-9(8)11)10(13)4-6-14-2/h8-9H,3-7,11H2,1-2H3. The lowest BCUT2D eigenvalue weighted by molar-refractivity contribution is -0.132. The van der Waals surface area contributed by atoms with Crippen LogP contribution in [0.15, 0.2) is 0 Å². The van der Waals surface area contributed by atoms with Crippen LogP contribution in [-0.4, -0.2) is 41.9 Å². The SMILES string of the molecule is CSCCC(=O)N1CCC(N)C(C)C1. The van der Waals surface area contributed by atoms with Gasteiger partial charge in [0.05, 0.1) is 0 Å². The van der Waals surface area contributed by atoms with E-state index in [-0.39, 0.29) is 11.9 Å². The summed E-state index contributed by atoms with van der Waals surface area (Å²) in [6.45, 7) is 3.81. The van der Waals surface area contributed by atoms with Crippen molar-refractivity contribution in [2.24, 2.45) is 11.7 Å². The summed E-state index contributed by atoms with van der Waals surface area (Å²) in [6.07, 6.45) is 3.65. The first kappa shape index (κ1) is 11.9. The van der Waals surface area contributed by atoms with Gasteiger partial charge in [-0.3, -0.25) is 4.79 Å². The first-order chi connectivity index (χ1) is 6.65. The minimum Gasteiger partial charge on any atom is -0.342 e. The molecule has 2 unspecified atom stereocenters. The molecule has 0 aromatic carbocycles. The van der Waals surface area contributed by atoms with Crippen LogP contribution in [-0.2, 0) is 4.79 Å². The number of carbonyl (C=O) groups is 1. The van der Waals surface area contributed by atoms with E-state index in [9.17, 15) is 4.79 Å². The van der Waals surface area contributed by atoms with Crippen molar-refractivity contribution in [1.29, 1.82) is 0 Å². The molecule has 1 aliphatic rings. The highest BCUT2D eigenvalue weighted by Gasteiger charge is 2.25. The van der Waals surface area contributed by atoms with Gasteiger partial charge in [-0.2, -0.15) is 11.8 Å². The molecule has 2 N–H and O–H groups in total. The van der Waals surface area contributed by atoms with Gasteiger partial charge in [-0.25, -0.2) is 0 Å². The molecule has 0 aliphatic carbocycles. The van der Waals surface area contributed by atoms with Gasteiger partial charge in [0.2, 0.25) is 5.91 Å². The van der Waals surface area contributed by atoms with Crippen LogP contribution in [0.1, 0.15) is 19.8 Å². The quantitative estimate of drug-likeness (QED) is 0.763. The third-order valence-corrected chi connectivity index (χ3v) is 3.46. The van der Waals surface area contributed by atoms with Gasteiger partial charge in [0.1, 0.15) is 0 Å². The molecule has 0 aromatic rings. The summed E-state index contributed by atoms with van der Waals surface area (Å²) in [5.41, 5.74) is 5.90. The number of piperidine rings is 1. The van der Waals surface area contributed by atoms with Crippen molar-refractivity contribution >= 4 is 17.7 Å². The van der Waals surface area contributed by atoms with Crippen molar-refractivity contribution in [2.75, 3.05) is 25.1 Å². The molecule has 0 radical (unpaired) electrons. The smallest absolute Gasteiger partial charge is 0.223 e. The van der Waals surface area contributed by atoms with Gasteiger partial charge in [0.25, 0.3) is 0 Å². The Morgan fingerprint density at radius 1 is 1.64 bits per heavy atom. The number of nitrogens with two attached hydrogens (primary N) is 1. The van der Waals surface area contributed by atoms with E-state index in [0.717, 1.165) is 25.3 Å². The third kappa shape index (κ3) is 3.17. The maximum Gasteiger partial charge on any atom is 0.223 e. The molecule has 1 fully saturated rings. The van der Waals surface area contributed by atoms with Crippen LogP contribution in [0.2, 0.25) is 0 Å². The highest BCUT2D eigenvalue weighted by molar-refractivity contribution is 7.98. The second-order valence-corrected chi connectivity index (χ2v) is 5.00. The average molecular weight is 216 g/mol. The Morgan fingerprint density at radius 2 is 2.36 bits per heavy atom. The van der Waals surface area contributed by atoms with E-state index < -0.39 is 0 Å². The summed E-state index contributed by atoms with van der Waals surface area (Å²) in [5, 5.41) is 0. The number of likely N-dealkylation sites (tertiary alicyclic amines) is 1. The van der Waals surface area contributed by atoms with E-state index in [1.165, 1.54) is 0 Å². The van der Waals surface area contributed by atoms with Gasteiger partial charge in [-0.15, -0.1) is 0 Å². The number of hydrogen-bond donors (Lipinski definition) is 1. The molecule has 0 aromatic heterocycles.